The monoisotopic (exact) mass is 601 g/mol. The minimum Gasteiger partial charge on any atom is -0.292 e. The Morgan fingerprint density at radius 2 is 1.22 bits per heavy atom. The fraction of sp³-hybridized carbons (Fsp3) is 0. The van der Waals surface area contributed by atoms with E-state index in [2.05, 4.69) is 138 Å². The molecule has 1 aliphatic rings. The normalized spacial score (nSPS) is 12.3. The van der Waals surface area contributed by atoms with E-state index in [0.717, 1.165) is 27.2 Å². The van der Waals surface area contributed by atoms with Crippen LogP contribution in [0.5, 0.6) is 0 Å². The van der Waals surface area contributed by atoms with Gasteiger partial charge in [-0.25, -0.2) is 9.97 Å². The van der Waals surface area contributed by atoms with Crippen molar-refractivity contribution < 1.29 is 0 Å². The average molecular weight is 602 g/mol. The maximum atomic E-state index is 5.37. The zero-order valence-electron chi connectivity index (χ0n) is 24.5. The van der Waals surface area contributed by atoms with Gasteiger partial charge in [-0.3, -0.25) is 4.57 Å². The number of hydrogen-bond acceptors (Lipinski definition) is 3. The highest BCUT2D eigenvalue weighted by Crippen LogP contribution is 2.50. The van der Waals surface area contributed by atoms with E-state index in [4.69, 9.17) is 9.97 Å². The van der Waals surface area contributed by atoms with Crippen molar-refractivity contribution in [3.8, 4) is 39.2 Å². The largest absolute Gasteiger partial charge is 0.292 e. The third-order valence-electron chi connectivity index (χ3n) is 9.78. The standard InChI is InChI=1S/C42H23N3S/c1-2-9-24(10-3-1)27-21-32-31-16-7-13-26-12-6-15-29(37(26)31)30-17-8-18-33-38(30)39(32)34(22-27)45(33)36-23-43-41-40-28-14-5-4-11-25(28)19-20-35(40)46-42(41)44-36/h1-23H. The van der Waals surface area contributed by atoms with Gasteiger partial charge in [-0.05, 0) is 79.2 Å². The average Bonchev–Trinajstić information content (AvgIpc) is 3.63. The van der Waals surface area contributed by atoms with E-state index in [1.807, 2.05) is 6.20 Å². The lowest BCUT2D eigenvalue weighted by Crippen LogP contribution is -1.99. The Balaban J connectivity index is 1.30. The predicted octanol–water partition coefficient (Wildman–Crippen LogP) is 11.6. The first kappa shape index (κ1) is 24.5. The van der Waals surface area contributed by atoms with Gasteiger partial charge in [0.2, 0.25) is 0 Å². The summed E-state index contributed by atoms with van der Waals surface area (Å²) in [6, 6.07) is 48.5. The second kappa shape index (κ2) is 8.87. The number of hydrogen-bond donors (Lipinski definition) is 0. The second-order valence-electron chi connectivity index (χ2n) is 12.2. The van der Waals surface area contributed by atoms with Crippen LogP contribution in [0.1, 0.15) is 0 Å². The third-order valence-corrected chi connectivity index (χ3v) is 10.8. The molecule has 0 bridgehead atoms. The van der Waals surface area contributed by atoms with E-state index in [1.54, 1.807) is 11.3 Å². The van der Waals surface area contributed by atoms with Crippen LogP contribution in [0, 0.1) is 0 Å². The molecular weight excluding hydrogens is 579 g/mol. The van der Waals surface area contributed by atoms with Crippen molar-refractivity contribution in [2.75, 3.05) is 0 Å². The van der Waals surface area contributed by atoms with Crippen molar-refractivity contribution >= 4 is 75.1 Å². The molecule has 4 heteroatoms. The lowest BCUT2D eigenvalue weighted by molar-refractivity contribution is 1.08. The Bertz CT molecular complexity index is 2910. The van der Waals surface area contributed by atoms with Crippen LogP contribution in [-0.2, 0) is 0 Å². The maximum Gasteiger partial charge on any atom is 0.157 e. The number of nitrogens with zero attached hydrogens (tertiary/aromatic N) is 3. The van der Waals surface area contributed by atoms with E-state index in [-0.39, 0.29) is 0 Å². The first-order chi connectivity index (χ1) is 22.8. The van der Waals surface area contributed by atoms with Crippen molar-refractivity contribution in [2.45, 2.75) is 0 Å². The highest BCUT2D eigenvalue weighted by atomic mass is 32.1. The van der Waals surface area contributed by atoms with Crippen LogP contribution in [0.3, 0.4) is 0 Å². The maximum absolute atomic E-state index is 5.37. The Morgan fingerprint density at radius 3 is 2.09 bits per heavy atom. The molecule has 11 rings (SSSR count). The summed E-state index contributed by atoms with van der Waals surface area (Å²) in [5, 5.41) is 8.73. The van der Waals surface area contributed by atoms with Crippen LogP contribution in [-0.4, -0.2) is 14.5 Å². The molecule has 0 amide bonds. The van der Waals surface area contributed by atoms with Crippen molar-refractivity contribution in [1.29, 1.82) is 0 Å². The van der Waals surface area contributed by atoms with Gasteiger partial charge in [-0.1, -0.05) is 109 Å². The van der Waals surface area contributed by atoms with Crippen molar-refractivity contribution in [3.05, 3.63) is 140 Å². The van der Waals surface area contributed by atoms with Crippen LogP contribution < -0.4 is 0 Å². The quantitative estimate of drug-likeness (QED) is 0.197. The number of aromatic nitrogens is 3. The van der Waals surface area contributed by atoms with Crippen LogP contribution in [0.2, 0.25) is 0 Å². The van der Waals surface area contributed by atoms with E-state index in [0.29, 0.717) is 0 Å². The molecule has 0 radical (unpaired) electrons. The molecule has 0 unspecified atom stereocenters. The molecule has 10 aromatic rings. The summed E-state index contributed by atoms with van der Waals surface area (Å²) >= 11 is 1.72. The number of benzene rings is 7. The smallest absolute Gasteiger partial charge is 0.157 e. The fourth-order valence-electron chi connectivity index (χ4n) is 7.85. The Kier molecular flexibility index (Phi) is 4.72. The first-order valence-corrected chi connectivity index (χ1v) is 16.4. The Morgan fingerprint density at radius 1 is 0.500 bits per heavy atom. The number of rotatable bonds is 2. The van der Waals surface area contributed by atoms with Crippen LogP contribution in [0.25, 0.3) is 103 Å². The molecule has 46 heavy (non-hydrogen) atoms. The molecule has 0 fully saturated rings. The first-order valence-electron chi connectivity index (χ1n) is 15.6. The van der Waals surface area contributed by atoms with Crippen molar-refractivity contribution in [3.63, 3.8) is 0 Å². The number of fused-ring (bicyclic) bond motifs is 7. The van der Waals surface area contributed by atoms with Gasteiger partial charge in [0, 0.05) is 20.9 Å². The summed E-state index contributed by atoms with van der Waals surface area (Å²) in [5.41, 5.74) is 10.7. The van der Waals surface area contributed by atoms with Gasteiger partial charge in [0.15, 0.2) is 5.82 Å². The van der Waals surface area contributed by atoms with Gasteiger partial charge < -0.3 is 0 Å². The van der Waals surface area contributed by atoms with E-state index < -0.39 is 0 Å². The SMILES string of the molecule is c1ccc(-c2cc3c4c5c(cccc5n(-c5cnc6c(n5)sc5ccc7ccccc7c56)c4c2)-c2cccc4cccc-3c24)cc1. The molecule has 0 aliphatic heterocycles. The van der Waals surface area contributed by atoms with Gasteiger partial charge in [0.1, 0.15) is 10.3 Å². The summed E-state index contributed by atoms with van der Waals surface area (Å²) < 4.78 is 3.55. The highest BCUT2D eigenvalue weighted by Gasteiger charge is 2.26. The molecule has 1 aliphatic carbocycles. The predicted molar refractivity (Wildman–Crippen MR) is 194 cm³/mol. The van der Waals surface area contributed by atoms with Crippen LogP contribution in [0.4, 0.5) is 0 Å². The molecule has 0 atom stereocenters. The molecule has 3 nitrogen and oxygen atoms in total. The van der Waals surface area contributed by atoms with E-state index in [9.17, 15) is 0 Å². The third kappa shape index (κ3) is 3.16. The van der Waals surface area contributed by atoms with Crippen LogP contribution in [0.15, 0.2) is 140 Å². The van der Waals surface area contributed by atoms with Crippen LogP contribution >= 0.6 is 11.3 Å². The Labute approximate surface area is 267 Å². The summed E-state index contributed by atoms with van der Waals surface area (Å²) in [6.07, 6.45) is 1.97. The summed E-state index contributed by atoms with van der Waals surface area (Å²) in [7, 11) is 0. The molecule has 0 spiro atoms. The summed E-state index contributed by atoms with van der Waals surface area (Å²) in [5.74, 6) is 0.837. The lowest BCUT2D eigenvalue weighted by atomic mass is 9.92. The zero-order chi connectivity index (χ0) is 29.9. The Hall–Kier alpha value is -5.84. The second-order valence-corrected chi connectivity index (χ2v) is 13.2. The van der Waals surface area contributed by atoms with E-state index >= 15 is 0 Å². The molecular formula is C42H23N3S. The van der Waals surface area contributed by atoms with E-state index in [1.165, 1.54) is 75.8 Å². The van der Waals surface area contributed by atoms with Gasteiger partial charge in [0.05, 0.1) is 17.2 Å². The minimum absolute atomic E-state index is 0.837. The topological polar surface area (TPSA) is 30.7 Å². The fourth-order valence-corrected chi connectivity index (χ4v) is 8.90. The van der Waals surface area contributed by atoms with Crippen molar-refractivity contribution in [1.82, 2.24) is 14.5 Å². The van der Waals surface area contributed by atoms with Crippen molar-refractivity contribution in [2.24, 2.45) is 0 Å². The van der Waals surface area contributed by atoms with Gasteiger partial charge in [-0.15, -0.1) is 11.3 Å². The zero-order valence-corrected chi connectivity index (χ0v) is 25.3. The molecule has 0 saturated carbocycles. The molecule has 0 N–H and O–H groups in total. The van der Waals surface area contributed by atoms with Gasteiger partial charge >= 0.3 is 0 Å². The minimum atomic E-state index is 0.837. The summed E-state index contributed by atoms with van der Waals surface area (Å²) in [6.45, 7) is 0. The molecule has 212 valence electrons. The number of thiophene rings is 1. The lowest BCUT2D eigenvalue weighted by Gasteiger charge is -2.14. The van der Waals surface area contributed by atoms with Gasteiger partial charge in [-0.2, -0.15) is 0 Å². The van der Waals surface area contributed by atoms with Gasteiger partial charge in [0.25, 0.3) is 0 Å². The molecule has 0 saturated heterocycles. The molecule has 3 heterocycles. The highest BCUT2D eigenvalue weighted by molar-refractivity contribution is 7.25. The molecule has 7 aromatic carbocycles. The molecule has 3 aromatic heterocycles. The summed E-state index contributed by atoms with van der Waals surface area (Å²) in [4.78, 5) is 11.5.